The summed E-state index contributed by atoms with van der Waals surface area (Å²) in [5.41, 5.74) is -1.25. The number of fused-ring (bicyclic) bond motifs is 3. The minimum atomic E-state index is -4.31. The molecule has 3 N–H and O–H groups in total. The summed E-state index contributed by atoms with van der Waals surface area (Å²) in [4.78, 5) is 52.2. The minimum absolute atomic E-state index is 0.175. The van der Waals surface area contributed by atoms with Gasteiger partial charge < -0.3 is 15.5 Å². The molecule has 2 fully saturated rings. The molecule has 1 aromatic rings. The third-order valence-electron chi connectivity index (χ3n) is 7.06. The van der Waals surface area contributed by atoms with Gasteiger partial charge in [0.2, 0.25) is 11.8 Å². The Hall–Kier alpha value is -3.21. The van der Waals surface area contributed by atoms with Gasteiger partial charge in [0.05, 0.1) is 4.90 Å². The number of sulfonamides is 1. The molecule has 3 atom stereocenters. The summed E-state index contributed by atoms with van der Waals surface area (Å²) in [7, 11) is -4.31. The van der Waals surface area contributed by atoms with Crippen LogP contribution in [-0.4, -0.2) is 61.6 Å². The molecule has 2 bridgehead atoms. The predicted octanol–water partition coefficient (Wildman–Crippen LogP) is 1.24. The molecule has 0 radical (unpaired) electrons. The fraction of sp³-hybridized carbons (Fsp3) is 0.520. The van der Waals surface area contributed by atoms with Crippen LogP contribution in [0.15, 0.2) is 41.3 Å². The van der Waals surface area contributed by atoms with Crippen molar-refractivity contribution in [3.63, 3.8) is 0 Å². The quantitative estimate of drug-likeness (QED) is 0.505. The van der Waals surface area contributed by atoms with E-state index in [-0.39, 0.29) is 34.6 Å². The molecule has 2 heterocycles. The molecule has 11 heteroatoms. The molecule has 0 aromatic heterocycles. The molecular weight excluding hydrogens is 484 g/mol. The van der Waals surface area contributed by atoms with Gasteiger partial charge in [0.15, 0.2) is 0 Å². The first-order valence-corrected chi connectivity index (χ1v) is 13.8. The zero-order valence-corrected chi connectivity index (χ0v) is 21.1. The highest BCUT2D eigenvalue weighted by molar-refractivity contribution is 7.90. The second-order valence-electron chi connectivity index (χ2n) is 9.64. The molecule has 1 aliphatic carbocycles. The first-order chi connectivity index (χ1) is 17.1. The number of amides is 4. The standard InChI is InChI=1S/C25H32N4O6S/c1-17(30)29-14-8-12-21(29)23(32)27-25-16-19(25)10-5-3-2-4-6-13-26-22(31)18-9-7-11-20(15-18)36(34,35)28-24(25)33/h5,7,9-11,15,19,21H,2-4,6,8,12-14,16H2,1H3,(H,26,31)(H,27,32)(H,28,33)/b10-5+/t19?,21-,25+/m0/s1. The summed E-state index contributed by atoms with van der Waals surface area (Å²) < 4.78 is 28.3. The number of benzene rings is 1. The van der Waals surface area contributed by atoms with Crippen molar-refractivity contribution in [1.82, 2.24) is 20.3 Å². The fourth-order valence-electron chi connectivity index (χ4n) is 4.91. The van der Waals surface area contributed by atoms with Crippen LogP contribution >= 0.6 is 0 Å². The number of nitrogens with zero attached hydrogens (tertiary/aromatic N) is 1. The van der Waals surface area contributed by atoms with Crippen molar-refractivity contribution in [3.05, 3.63) is 42.0 Å². The van der Waals surface area contributed by atoms with Gasteiger partial charge in [-0.25, -0.2) is 13.1 Å². The van der Waals surface area contributed by atoms with Crippen molar-refractivity contribution < 1.29 is 27.6 Å². The highest BCUT2D eigenvalue weighted by Gasteiger charge is 2.61. The summed E-state index contributed by atoms with van der Waals surface area (Å²) in [6.45, 7) is 2.34. The van der Waals surface area contributed by atoms with Crippen LogP contribution in [0, 0.1) is 5.92 Å². The van der Waals surface area contributed by atoms with E-state index in [0.29, 0.717) is 25.9 Å². The highest BCUT2D eigenvalue weighted by atomic mass is 32.2. The van der Waals surface area contributed by atoms with E-state index in [0.717, 1.165) is 25.7 Å². The molecule has 1 saturated heterocycles. The smallest absolute Gasteiger partial charge is 0.264 e. The van der Waals surface area contributed by atoms with E-state index in [9.17, 15) is 27.6 Å². The average molecular weight is 517 g/mol. The Morgan fingerprint density at radius 1 is 1.14 bits per heavy atom. The predicted molar refractivity (Wildman–Crippen MR) is 131 cm³/mol. The van der Waals surface area contributed by atoms with Gasteiger partial charge >= 0.3 is 0 Å². The van der Waals surface area contributed by atoms with E-state index in [1.165, 1.54) is 36.1 Å². The molecule has 1 saturated carbocycles. The third-order valence-corrected chi connectivity index (χ3v) is 8.39. The van der Waals surface area contributed by atoms with Gasteiger partial charge in [-0.2, -0.15) is 0 Å². The maximum atomic E-state index is 13.4. The lowest BCUT2D eigenvalue weighted by Crippen LogP contribution is -2.56. The topological polar surface area (TPSA) is 142 Å². The lowest BCUT2D eigenvalue weighted by atomic mass is 10.1. The Kier molecular flexibility index (Phi) is 7.49. The van der Waals surface area contributed by atoms with Gasteiger partial charge in [0.25, 0.3) is 21.8 Å². The normalized spacial score (nSPS) is 29.2. The van der Waals surface area contributed by atoms with Crippen LogP contribution in [-0.2, 0) is 24.4 Å². The average Bonchev–Trinajstić information content (AvgIpc) is 3.29. The van der Waals surface area contributed by atoms with Crippen LogP contribution in [0.2, 0.25) is 0 Å². The number of hydrogen-bond acceptors (Lipinski definition) is 6. The highest BCUT2D eigenvalue weighted by Crippen LogP contribution is 2.45. The molecule has 1 unspecified atom stereocenters. The molecule has 194 valence electrons. The summed E-state index contributed by atoms with van der Waals surface area (Å²) in [5.74, 6) is -2.27. The molecule has 0 spiro atoms. The lowest BCUT2D eigenvalue weighted by molar-refractivity contribution is -0.138. The van der Waals surface area contributed by atoms with Crippen LogP contribution in [0.5, 0.6) is 0 Å². The first kappa shape index (κ1) is 25.9. The number of nitrogens with one attached hydrogen (secondary N) is 3. The van der Waals surface area contributed by atoms with Crippen molar-refractivity contribution in [2.75, 3.05) is 13.1 Å². The van der Waals surface area contributed by atoms with Gasteiger partial charge in [-0.1, -0.05) is 24.6 Å². The molecule has 3 aliphatic rings. The van der Waals surface area contributed by atoms with Crippen LogP contribution < -0.4 is 15.4 Å². The summed E-state index contributed by atoms with van der Waals surface area (Å²) in [5, 5.41) is 5.57. The molecule has 10 nitrogen and oxygen atoms in total. The fourth-order valence-corrected chi connectivity index (χ4v) is 5.99. The zero-order chi connectivity index (χ0) is 25.9. The molecule has 36 heavy (non-hydrogen) atoms. The largest absolute Gasteiger partial charge is 0.352 e. The van der Waals surface area contributed by atoms with Crippen LogP contribution in [0.4, 0.5) is 0 Å². The van der Waals surface area contributed by atoms with E-state index >= 15 is 0 Å². The van der Waals surface area contributed by atoms with Crippen molar-refractivity contribution in [2.24, 2.45) is 5.92 Å². The Morgan fingerprint density at radius 2 is 1.94 bits per heavy atom. The number of carbonyl (C=O) groups is 4. The van der Waals surface area contributed by atoms with Crippen molar-refractivity contribution in [3.8, 4) is 0 Å². The Morgan fingerprint density at radius 3 is 2.72 bits per heavy atom. The number of hydrogen-bond donors (Lipinski definition) is 3. The second kappa shape index (κ2) is 10.4. The van der Waals surface area contributed by atoms with Crippen LogP contribution in [0.25, 0.3) is 0 Å². The first-order valence-electron chi connectivity index (χ1n) is 12.4. The van der Waals surface area contributed by atoms with Crippen molar-refractivity contribution in [2.45, 2.75) is 68.3 Å². The molecule has 4 amide bonds. The number of carbonyl (C=O) groups excluding carboxylic acids is 4. The van der Waals surface area contributed by atoms with Crippen LogP contribution in [0.3, 0.4) is 0 Å². The van der Waals surface area contributed by atoms with Gasteiger partial charge in [-0.15, -0.1) is 0 Å². The summed E-state index contributed by atoms with van der Waals surface area (Å²) >= 11 is 0. The number of allylic oxidation sites excluding steroid dienone is 1. The maximum Gasteiger partial charge on any atom is 0.264 e. The van der Waals surface area contributed by atoms with E-state index in [2.05, 4.69) is 15.4 Å². The van der Waals surface area contributed by atoms with Crippen molar-refractivity contribution >= 4 is 33.7 Å². The van der Waals surface area contributed by atoms with Gasteiger partial charge in [-0.05, 0) is 56.7 Å². The van der Waals surface area contributed by atoms with Crippen LogP contribution in [0.1, 0.15) is 62.2 Å². The third kappa shape index (κ3) is 5.45. The van der Waals surface area contributed by atoms with Gasteiger partial charge in [-0.3, -0.25) is 19.2 Å². The monoisotopic (exact) mass is 516 g/mol. The molecule has 2 aliphatic heterocycles. The lowest BCUT2D eigenvalue weighted by Gasteiger charge is -2.26. The van der Waals surface area contributed by atoms with E-state index in [1.807, 2.05) is 12.2 Å². The Labute approximate surface area is 210 Å². The number of likely N-dealkylation sites (tertiary alicyclic amines) is 1. The second-order valence-corrected chi connectivity index (χ2v) is 11.3. The SMILES string of the molecule is CC(=O)N1CCC[C@H]1C(=O)N[C@]12CC1/C=C/CCCCCNC(=O)c1cccc(c1)S(=O)(=O)NC2=O. The van der Waals surface area contributed by atoms with Gasteiger partial charge in [0, 0.05) is 31.5 Å². The Balaban J connectivity index is 1.61. The van der Waals surface area contributed by atoms with E-state index in [4.69, 9.17) is 0 Å². The Bertz CT molecular complexity index is 1200. The zero-order valence-electron chi connectivity index (χ0n) is 20.3. The number of rotatable bonds is 2. The van der Waals surface area contributed by atoms with E-state index in [1.54, 1.807) is 0 Å². The van der Waals surface area contributed by atoms with Gasteiger partial charge in [0.1, 0.15) is 11.6 Å². The van der Waals surface area contributed by atoms with Crippen molar-refractivity contribution in [1.29, 1.82) is 0 Å². The minimum Gasteiger partial charge on any atom is -0.352 e. The van der Waals surface area contributed by atoms with E-state index < -0.39 is 33.4 Å². The summed E-state index contributed by atoms with van der Waals surface area (Å²) in [6, 6.07) is 4.79. The molecule has 1 aromatic carbocycles. The summed E-state index contributed by atoms with van der Waals surface area (Å²) in [6.07, 6.45) is 8.55. The molecular formula is C25H32N4O6S. The maximum absolute atomic E-state index is 13.4. The molecule has 4 rings (SSSR count).